The molecule has 0 bridgehead atoms. The number of hydrogen-bond donors (Lipinski definition) is 2. The Bertz CT molecular complexity index is 352. The fourth-order valence-corrected chi connectivity index (χ4v) is 2.05. The van der Waals surface area contributed by atoms with Crippen molar-refractivity contribution in [1.29, 1.82) is 0 Å². The molecule has 0 aromatic heterocycles. The molecule has 0 aliphatic carbocycles. The highest BCUT2D eigenvalue weighted by Gasteiger charge is 2.12. The predicted octanol–water partition coefficient (Wildman–Crippen LogP) is 1.63. The van der Waals surface area contributed by atoms with E-state index < -0.39 is 0 Å². The molecule has 3 nitrogen and oxygen atoms in total. The zero-order valence-corrected chi connectivity index (χ0v) is 9.54. The van der Waals surface area contributed by atoms with E-state index in [9.17, 15) is 4.79 Å². The van der Waals surface area contributed by atoms with Gasteiger partial charge in [-0.2, -0.15) is 0 Å². The van der Waals surface area contributed by atoms with Crippen molar-refractivity contribution >= 4 is 21.8 Å². The van der Waals surface area contributed by atoms with E-state index in [1.807, 2.05) is 25.1 Å². The lowest BCUT2D eigenvalue weighted by atomic mass is 10.0. The molecule has 14 heavy (non-hydrogen) atoms. The molecule has 4 heteroatoms. The number of nitrogens with two attached hydrogens (primary N) is 2. The highest BCUT2D eigenvalue weighted by Crippen LogP contribution is 2.24. The molecule has 0 spiro atoms. The molecule has 1 rings (SSSR count). The summed E-state index contributed by atoms with van der Waals surface area (Å²) in [5.41, 5.74) is 12.9. The smallest absolute Gasteiger partial charge is 0.219 e. The Morgan fingerprint density at radius 1 is 1.57 bits per heavy atom. The second-order valence-electron chi connectivity index (χ2n) is 3.30. The first-order valence-corrected chi connectivity index (χ1v) is 5.10. The first-order chi connectivity index (χ1) is 6.50. The molecule has 0 unspecified atom stereocenters. The van der Waals surface area contributed by atoms with Crippen molar-refractivity contribution in [3.63, 3.8) is 0 Å². The van der Waals surface area contributed by atoms with E-state index in [-0.39, 0.29) is 18.4 Å². The van der Waals surface area contributed by atoms with Crippen LogP contribution in [0.3, 0.4) is 0 Å². The van der Waals surface area contributed by atoms with Gasteiger partial charge in [-0.15, -0.1) is 0 Å². The fraction of sp³-hybridized carbons (Fsp3) is 0.300. The molecule has 1 aromatic rings. The predicted molar refractivity (Wildman–Crippen MR) is 59.6 cm³/mol. The van der Waals surface area contributed by atoms with Crippen LogP contribution in [0.2, 0.25) is 0 Å². The number of carbonyl (C=O) groups excluding carboxylic acids is 1. The number of aryl methyl sites for hydroxylation is 1. The van der Waals surface area contributed by atoms with Gasteiger partial charge in [0.25, 0.3) is 0 Å². The van der Waals surface area contributed by atoms with E-state index in [0.29, 0.717) is 0 Å². The van der Waals surface area contributed by atoms with E-state index in [4.69, 9.17) is 11.5 Å². The van der Waals surface area contributed by atoms with Gasteiger partial charge in [-0.1, -0.05) is 28.1 Å². The third-order valence-electron chi connectivity index (χ3n) is 1.98. The average Bonchev–Trinajstić information content (AvgIpc) is 2.01. The van der Waals surface area contributed by atoms with Gasteiger partial charge in [0.05, 0.1) is 0 Å². The van der Waals surface area contributed by atoms with Crippen molar-refractivity contribution < 1.29 is 4.79 Å². The van der Waals surface area contributed by atoms with Gasteiger partial charge in [-0.25, -0.2) is 0 Å². The van der Waals surface area contributed by atoms with Crippen LogP contribution in [0.4, 0.5) is 0 Å². The molecule has 0 saturated carbocycles. The average molecular weight is 257 g/mol. The molecule has 1 aromatic carbocycles. The van der Waals surface area contributed by atoms with Crippen LogP contribution in [-0.2, 0) is 4.79 Å². The molecule has 1 atom stereocenters. The van der Waals surface area contributed by atoms with Crippen LogP contribution < -0.4 is 11.5 Å². The number of hydrogen-bond acceptors (Lipinski definition) is 2. The van der Waals surface area contributed by atoms with E-state index in [2.05, 4.69) is 15.9 Å². The quantitative estimate of drug-likeness (QED) is 0.864. The number of amides is 1. The molecular weight excluding hydrogens is 244 g/mol. The summed E-state index contributed by atoms with van der Waals surface area (Å²) in [4.78, 5) is 10.7. The standard InChI is InChI=1S/C10H13BrN2O/c1-6-2-3-7(8(11)4-6)9(12)5-10(13)14/h2-4,9H,5,12H2,1H3,(H2,13,14)/t9-/m1/s1. The Hall–Kier alpha value is -0.870. The third kappa shape index (κ3) is 2.82. The lowest BCUT2D eigenvalue weighted by Gasteiger charge is -2.12. The van der Waals surface area contributed by atoms with Gasteiger partial charge in [0, 0.05) is 16.9 Å². The highest BCUT2D eigenvalue weighted by molar-refractivity contribution is 9.10. The maximum atomic E-state index is 10.7. The SMILES string of the molecule is Cc1ccc([C@H](N)CC(N)=O)c(Br)c1. The summed E-state index contributed by atoms with van der Waals surface area (Å²) in [6.07, 6.45) is 0.168. The second kappa shape index (κ2) is 4.57. The summed E-state index contributed by atoms with van der Waals surface area (Å²) >= 11 is 3.41. The van der Waals surface area contributed by atoms with Crippen LogP contribution in [0.15, 0.2) is 22.7 Å². The van der Waals surface area contributed by atoms with Gasteiger partial charge < -0.3 is 11.5 Å². The number of carbonyl (C=O) groups is 1. The van der Waals surface area contributed by atoms with E-state index >= 15 is 0 Å². The molecule has 76 valence electrons. The van der Waals surface area contributed by atoms with Crippen molar-refractivity contribution in [3.8, 4) is 0 Å². The van der Waals surface area contributed by atoms with Crippen LogP contribution in [0, 0.1) is 6.92 Å². The van der Waals surface area contributed by atoms with Crippen molar-refractivity contribution in [2.24, 2.45) is 11.5 Å². The van der Waals surface area contributed by atoms with Crippen LogP contribution in [-0.4, -0.2) is 5.91 Å². The van der Waals surface area contributed by atoms with Gasteiger partial charge in [0.15, 0.2) is 0 Å². The van der Waals surface area contributed by atoms with Gasteiger partial charge in [-0.3, -0.25) is 4.79 Å². The highest BCUT2D eigenvalue weighted by atomic mass is 79.9. The summed E-state index contributed by atoms with van der Waals surface area (Å²) in [7, 11) is 0. The Morgan fingerprint density at radius 2 is 2.21 bits per heavy atom. The Morgan fingerprint density at radius 3 is 2.71 bits per heavy atom. The van der Waals surface area contributed by atoms with Gasteiger partial charge >= 0.3 is 0 Å². The van der Waals surface area contributed by atoms with Crippen LogP contribution in [0.5, 0.6) is 0 Å². The molecule has 1 amide bonds. The molecular formula is C10H13BrN2O. The molecule has 0 fully saturated rings. The molecule has 0 saturated heterocycles. The van der Waals surface area contributed by atoms with E-state index in [0.717, 1.165) is 15.6 Å². The zero-order valence-electron chi connectivity index (χ0n) is 7.96. The fourth-order valence-electron chi connectivity index (χ4n) is 1.26. The largest absolute Gasteiger partial charge is 0.370 e. The Balaban J connectivity index is 2.90. The minimum Gasteiger partial charge on any atom is -0.370 e. The van der Waals surface area contributed by atoms with E-state index in [1.54, 1.807) is 0 Å². The first kappa shape index (κ1) is 11.2. The van der Waals surface area contributed by atoms with Crippen molar-refractivity contribution in [1.82, 2.24) is 0 Å². The molecule has 4 N–H and O–H groups in total. The monoisotopic (exact) mass is 256 g/mol. The maximum Gasteiger partial charge on any atom is 0.219 e. The number of halogens is 1. The van der Waals surface area contributed by atoms with Crippen molar-refractivity contribution in [3.05, 3.63) is 33.8 Å². The molecule has 0 aliphatic heterocycles. The summed E-state index contributed by atoms with van der Waals surface area (Å²) < 4.78 is 0.922. The second-order valence-corrected chi connectivity index (χ2v) is 4.16. The Labute approximate surface area is 91.6 Å². The lowest BCUT2D eigenvalue weighted by Crippen LogP contribution is -2.20. The number of rotatable bonds is 3. The van der Waals surface area contributed by atoms with Crippen LogP contribution in [0.1, 0.15) is 23.6 Å². The topological polar surface area (TPSA) is 69.1 Å². The summed E-state index contributed by atoms with van der Waals surface area (Å²) in [5.74, 6) is -0.384. The minimum atomic E-state index is -0.384. The van der Waals surface area contributed by atoms with Crippen molar-refractivity contribution in [2.75, 3.05) is 0 Å². The van der Waals surface area contributed by atoms with E-state index in [1.165, 1.54) is 0 Å². The third-order valence-corrected chi connectivity index (χ3v) is 2.66. The van der Waals surface area contributed by atoms with Crippen LogP contribution >= 0.6 is 15.9 Å². The molecule has 0 radical (unpaired) electrons. The maximum absolute atomic E-state index is 10.7. The zero-order chi connectivity index (χ0) is 10.7. The van der Waals surface area contributed by atoms with Crippen LogP contribution in [0.25, 0.3) is 0 Å². The normalized spacial score (nSPS) is 12.5. The minimum absolute atomic E-state index is 0.168. The van der Waals surface area contributed by atoms with Crippen molar-refractivity contribution in [2.45, 2.75) is 19.4 Å². The van der Waals surface area contributed by atoms with Gasteiger partial charge in [0.1, 0.15) is 0 Å². The lowest BCUT2D eigenvalue weighted by molar-refractivity contribution is -0.118. The Kier molecular flexibility index (Phi) is 3.66. The summed E-state index contributed by atoms with van der Waals surface area (Å²) in [6.45, 7) is 1.99. The first-order valence-electron chi connectivity index (χ1n) is 4.30. The number of primary amides is 1. The molecule has 0 aliphatic rings. The number of benzene rings is 1. The summed E-state index contributed by atoms with van der Waals surface area (Å²) in [5, 5.41) is 0. The van der Waals surface area contributed by atoms with Gasteiger partial charge in [0.2, 0.25) is 5.91 Å². The summed E-state index contributed by atoms with van der Waals surface area (Å²) in [6, 6.07) is 5.51. The van der Waals surface area contributed by atoms with Gasteiger partial charge in [-0.05, 0) is 24.1 Å². The molecule has 0 heterocycles.